The summed E-state index contributed by atoms with van der Waals surface area (Å²) >= 11 is 0. The van der Waals surface area contributed by atoms with Crippen molar-refractivity contribution >= 4 is 5.91 Å². The van der Waals surface area contributed by atoms with Gasteiger partial charge in [0.25, 0.3) is 0 Å². The minimum atomic E-state index is -0.207. The fourth-order valence-electron chi connectivity index (χ4n) is 3.08. The zero-order chi connectivity index (χ0) is 17.7. The number of rotatable bonds is 7. The third-order valence-corrected chi connectivity index (χ3v) is 3.50. The van der Waals surface area contributed by atoms with Crippen LogP contribution in [0.2, 0.25) is 0 Å². The van der Waals surface area contributed by atoms with Crippen LogP contribution in [-0.2, 0) is 11.2 Å². The second-order valence-corrected chi connectivity index (χ2v) is 7.89. The molecule has 4 nitrogen and oxygen atoms in total. The molecule has 0 aliphatic heterocycles. The monoisotopic (exact) mass is 321 g/mol. The molecule has 1 aromatic rings. The summed E-state index contributed by atoms with van der Waals surface area (Å²) in [6, 6.07) is 5.71. The Morgan fingerprint density at radius 2 is 1.52 bits per heavy atom. The maximum absolute atomic E-state index is 12.3. The Morgan fingerprint density at radius 3 is 1.96 bits per heavy atom. The van der Waals surface area contributed by atoms with Crippen LogP contribution in [0.1, 0.15) is 53.0 Å². The first-order valence-corrected chi connectivity index (χ1v) is 8.08. The number of ether oxygens (including phenoxy) is 2. The van der Waals surface area contributed by atoms with E-state index < -0.39 is 0 Å². The lowest BCUT2D eigenvalue weighted by Crippen LogP contribution is -2.45. The van der Waals surface area contributed by atoms with Gasteiger partial charge in [-0.05, 0) is 49.8 Å². The molecule has 23 heavy (non-hydrogen) atoms. The van der Waals surface area contributed by atoms with Crippen molar-refractivity contribution in [3.8, 4) is 11.5 Å². The highest BCUT2D eigenvalue weighted by Crippen LogP contribution is 2.27. The molecular formula is C19H31NO3. The number of carbonyl (C=O) groups is 1. The molecule has 0 fully saturated rings. The van der Waals surface area contributed by atoms with E-state index in [1.165, 1.54) is 0 Å². The molecule has 1 amide bonds. The summed E-state index contributed by atoms with van der Waals surface area (Å²) in [5, 5.41) is 3.14. The molecule has 130 valence electrons. The van der Waals surface area contributed by atoms with Gasteiger partial charge in [0.2, 0.25) is 5.91 Å². The number of aryl methyl sites for hydroxylation is 1. The van der Waals surface area contributed by atoms with Crippen LogP contribution in [0.4, 0.5) is 0 Å². The van der Waals surface area contributed by atoms with E-state index in [9.17, 15) is 4.79 Å². The summed E-state index contributed by atoms with van der Waals surface area (Å²) in [6.45, 7) is 10.7. The maximum Gasteiger partial charge on any atom is 0.220 e. The normalized spacial score (nSPS) is 12.0. The topological polar surface area (TPSA) is 47.6 Å². The van der Waals surface area contributed by atoms with Crippen LogP contribution in [0.15, 0.2) is 18.2 Å². The van der Waals surface area contributed by atoms with Crippen LogP contribution < -0.4 is 14.8 Å². The molecule has 0 bridgehead atoms. The van der Waals surface area contributed by atoms with Crippen LogP contribution in [0, 0.1) is 5.41 Å². The van der Waals surface area contributed by atoms with Gasteiger partial charge >= 0.3 is 0 Å². The van der Waals surface area contributed by atoms with Crippen molar-refractivity contribution in [2.75, 3.05) is 14.2 Å². The van der Waals surface area contributed by atoms with E-state index in [0.717, 1.165) is 23.5 Å². The van der Waals surface area contributed by atoms with Crippen molar-refractivity contribution in [3.05, 3.63) is 23.8 Å². The third-order valence-electron chi connectivity index (χ3n) is 3.50. The highest BCUT2D eigenvalue weighted by molar-refractivity contribution is 5.77. The Hall–Kier alpha value is -1.71. The number of hydrogen-bond donors (Lipinski definition) is 1. The van der Waals surface area contributed by atoms with E-state index >= 15 is 0 Å². The molecule has 0 saturated heterocycles. The molecule has 4 heteroatoms. The number of amides is 1. The van der Waals surface area contributed by atoms with Crippen molar-refractivity contribution in [1.82, 2.24) is 5.32 Å². The molecule has 0 spiro atoms. The minimum absolute atomic E-state index is 0.0704. The van der Waals surface area contributed by atoms with Gasteiger partial charge in [-0.15, -0.1) is 0 Å². The van der Waals surface area contributed by atoms with E-state index in [4.69, 9.17) is 9.47 Å². The smallest absolute Gasteiger partial charge is 0.220 e. The standard InChI is InChI=1S/C19H31NO3/c1-18(2,3)13-19(4,5)20-17(21)9-8-14-10-15(22-6)12-16(11-14)23-7/h10-12H,8-9,13H2,1-7H3,(H,20,21). The van der Waals surface area contributed by atoms with Gasteiger partial charge in [-0.3, -0.25) is 4.79 Å². The first kappa shape index (κ1) is 19.3. The van der Waals surface area contributed by atoms with E-state index in [0.29, 0.717) is 12.8 Å². The predicted octanol–water partition coefficient (Wildman–Crippen LogP) is 3.97. The van der Waals surface area contributed by atoms with Gasteiger partial charge in [0, 0.05) is 18.0 Å². The molecule has 0 aliphatic carbocycles. The Kier molecular flexibility index (Phi) is 6.48. The first-order valence-electron chi connectivity index (χ1n) is 8.08. The van der Waals surface area contributed by atoms with Crippen molar-refractivity contribution in [3.63, 3.8) is 0 Å². The SMILES string of the molecule is COc1cc(CCC(=O)NC(C)(C)CC(C)(C)C)cc(OC)c1. The molecule has 0 heterocycles. The zero-order valence-corrected chi connectivity index (χ0v) is 15.6. The lowest BCUT2D eigenvalue weighted by atomic mass is 9.81. The molecule has 1 N–H and O–H groups in total. The van der Waals surface area contributed by atoms with Gasteiger partial charge in [0.05, 0.1) is 14.2 Å². The number of benzene rings is 1. The molecule has 0 aromatic heterocycles. The second-order valence-electron chi connectivity index (χ2n) is 7.89. The van der Waals surface area contributed by atoms with Gasteiger partial charge in [0.1, 0.15) is 11.5 Å². The van der Waals surface area contributed by atoms with Crippen LogP contribution in [0.5, 0.6) is 11.5 Å². The quantitative estimate of drug-likeness (QED) is 0.826. The zero-order valence-electron chi connectivity index (χ0n) is 15.6. The van der Waals surface area contributed by atoms with Gasteiger partial charge in [-0.25, -0.2) is 0 Å². The van der Waals surface area contributed by atoms with Crippen LogP contribution in [0.3, 0.4) is 0 Å². The Bertz CT molecular complexity index is 508. The van der Waals surface area contributed by atoms with E-state index in [-0.39, 0.29) is 16.9 Å². The van der Waals surface area contributed by atoms with Gasteiger partial charge in [0.15, 0.2) is 0 Å². The van der Waals surface area contributed by atoms with Crippen molar-refractivity contribution in [2.24, 2.45) is 5.41 Å². The van der Waals surface area contributed by atoms with Gasteiger partial charge < -0.3 is 14.8 Å². The summed E-state index contributed by atoms with van der Waals surface area (Å²) < 4.78 is 10.5. The largest absolute Gasteiger partial charge is 0.497 e. The van der Waals surface area contributed by atoms with Crippen LogP contribution in [-0.4, -0.2) is 25.7 Å². The maximum atomic E-state index is 12.3. The summed E-state index contributed by atoms with van der Waals surface area (Å²) in [5.41, 5.74) is 1.00. The summed E-state index contributed by atoms with van der Waals surface area (Å²) in [7, 11) is 3.25. The first-order chi connectivity index (χ1) is 10.5. The minimum Gasteiger partial charge on any atom is -0.497 e. The molecule has 1 rings (SSSR count). The molecule has 0 aliphatic rings. The van der Waals surface area contributed by atoms with Gasteiger partial charge in [-0.2, -0.15) is 0 Å². The Labute approximate surface area is 140 Å². The Morgan fingerprint density at radius 1 is 1.00 bits per heavy atom. The summed E-state index contributed by atoms with van der Waals surface area (Å²) in [6.07, 6.45) is 2.04. The summed E-state index contributed by atoms with van der Waals surface area (Å²) in [5.74, 6) is 1.56. The predicted molar refractivity (Wildman–Crippen MR) is 94.2 cm³/mol. The summed E-state index contributed by atoms with van der Waals surface area (Å²) in [4.78, 5) is 12.3. The highest BCUT2D eigenvalue weighted by atomic mass is 16.5. The lowest BCUT2D eigenvalue weighted by molar-refractivity contribution is -0.122. The van der Waals surface area contributed by atoms with E-state index in [1.54, 1.807) is 14.2 Å². The molecule has 1 aromatic carbocycles. The number of hydrogen-bond acceptors (Lipinski definition) is 3. The molecule has 0 atom stereocenters. The highest BCUT2D eigenvalue weighted by Gasteiger charge is 2.26. The third kappa shape index (κ3) is 7.40. The molecular weight excluding hydrogens is 290 g/mol. The van der Waals surface area contributed by atoms with Crippen molar-refractivity contribution < 1.29 is 14.3 Å². The lowest BCUT2D eigenvalue weighted by Gasteiger charge is -2.33. The molecule has 0 radical (unpaired) electrons. The second kappa shape index (κ2) is 7.71. The average molecular weight is 321 g/mol. The van der Waals surface area contributed by atoms with Crippen LogP contribution in [0.25, 0.3) is 0 Å². The number of carbonyl (C=O) groups excluding carboxylic acids is 1. The molecule has 0 unspecified atom stereocenters. The van der Waals surface area contributed by atoms with Gasteiger partial charge in [-0.1, -0.05) is 20.8 Å². The average Bonchev–Trinajstić information content (AvgIpc) is 2.41. The fourth-order valence-corrected chi connectivity index (χ4v) is 3.08. The van der Waals surface area contributed by atoms with E-state index in [1.807, 2.05) is 18.2 Å². The van der Waals surface area contributed by atoms with Crippen LogP contribution >= 0.6 is 0 Å². The van der Waals surface area contributed by atoms with Crippen molar-refractivity contribution in [2.45, 2.75) is 59.4 Å². The van der Waals surface area contributed by atoms with E-state index in [2.05, 4.69) is 39.9 Å². The number of nitrogens with one attached hydrogen (secondary N) is 1. The Balaban J connectivity index is 2.62. The number of methoxy groups -OCH3 is 2. The molecule has 0 saturated carbocycles. The fraction of sp³-hybridized carbons (Fsp3) is 0.632. The van der Waals surface area contributed by atoms with Crippen molar-refractivity contribution in [1.29, 1.82) is 0 Å².